The van der Waals surface area contributed by atoms with Crippen LogP contribution in [-0.4, -0.2) is 44.2 Å². The molecular formula is C27H29N3O4S. The summed E-state index contributed by atoms with van der Waals surface area (Å²) in [6.45, 7) is 1.44. The van der Waals surface area contributed by atoms with E-state index in [1.54, 1.807) is 36.4 Å². The SMILES string of the molecule is O=C(Nc1ccccc1C(=O)NCCc1ccccc1)c1cccc(S(=O)(=O)N2CCCCC2)c1. The zero-order valence-electron chi connectivity index (χ0n) is 19.4. The molecule has 2 N–H and O–H groups in total. The van der Waals surface area contributed by atoms with Crippen molar-refractivity contribution in [3.05, 3.63) is 95.6 Å². The van der Waals surface area contributed by atoms with Gasteiger partial charge < -0.3 is 10.6 Å². The highest BCUT2D eigenvalue weighted by molar-refractivity contribution is 7.89. The van der Waals surface area contributed by atoms with Crippen LogP contribution in [0.5, 0.6) is 0 Å². The third kappa shape index (κ3) is 6.15. The minimum Gasteiger partial charge on any atom is -0.352 e. The molecular weight excluding hydrogens is 462 g/mol. The Bertz CT molecular complexity index is 1290. The third-order valence-electron chi connectivity index (χ3n) is 6.01. The number of nitrogens with one attached hydrogen (secondary N) is 2. The molecule has 8 heteroatoms. The van der Waals surface area contributed by atoms with E-state index in [1.165, 1.54) is 16.4 Å². The van der Waals surface area contributed by atoms with Crippen LogP contribution in [0.4, 0.5) is 5.69 Å². The molecule has 0 saturated carbocycles. The standard InChI is InChI=1S/C27H29N3O4S/c31-26(22-12-9-13-23(20-22)35(33,34)30-18-7-2-8-19-30)29-25-15-6-5-14-24(25)27(32)28-17-16-21-10-3-1-4-11-21/h1,3-6,9-15,20H,2,7-8,16-19H2,(H,28,32)(H,29,31). The van der Waals surface area contributed by atoms with Crippen molar-refractivity contribution in [1.29, 1.82) is 0 Å². The van der Waals surface area contributed by atoms with E-state index in [4.69, 9.17) is 0 Å². The fourth-order valence-electron chi connectivity index (χ4n) is 4.10. The van der Waals surface area contributed by atoms with Crippen molar-refractivity contribution in [3.8, 4) is 0 Å². The van der Waals surface area contributed by atoms with Crippen LogP contribution in [0, 0.1) is 0 Å². The van der Waals surface area contributed by atoms with Gasteiger partial charge in [0.1, 0.15) is 0 Å². The quantitative estimate of drug-likeness (QED) is 0.496. The van der Waals surface area contributed by atoms with E-state index < -0.39 is 15.9 Å². The lowest BCUT2D eigenvalue weighted by Gasteiger charge is -2.26. The predicted molar refractivity (Wildman–Crippen MR) is 136 cm³/mol. The topological polar surface area (TPSA) is 95.6 Å². The summed E-state index contributed by atoms with van der Waals surface area (Å²) in [5, 5.41) is 5.66. The number of para-hydroxylation sites is 1. The Hall–Kier alpha value is -3.49. The maximum atomic E-state index is 13.0. The van der Waals surface area contributed by atoms with Gasteiger partial charge in [-0.25, -0.2) is 8.42 Å². The van der Waals surface area contributed by atoms with Gasteiger partial charge in [-0.2, -0.15) is 4.31 Å². The summed E-state index contributed by atoms with van der Waals surface area (Å²) in [7, 11) is -3.66. The first-order valence-corrected chi connectivity index (χ1v) is 13.2. The largest absolute Gasteiger partial charge is 0.352 e. The summed E-state index contributed by atoms with van der Waals surface area (Å²) in [5.41, 5.74) is 2.03. The van der Waals surface area contributed by atoms with E-state index in [0.29, 0.717) is 37.3 Å². The zero-order valence-corrected chi connectivity index (χ0v) is 20.3. The number of rotatable bonds is 8. The number of piperidine rings is 1. The summed E-state index contributed by atoms with van der Waals surface area (Å²) in [4.78, 5) is 25.9. The Morgan fingerprint density at radius 1 is 0.800 bits per heavy atom. The number of carbonyl (C=O) groups is 2. The van der Waals surface area contributed by atoms with E-state index in [-0.39, 0.29) is 16.4 Å². The molecule has 1 fully saturated rings. The Kier molecular flexibility index (Phi) is 7.94. The van der Waals surface area contributed by atoms with Crippen LogP contribution in [0.1, 0.15) is 45.5 Å². The molecule has 2 amide bonds. The molecule has 7 nitrogen and oxygen atoms in total. The summed E-state index contributed by atoms with van der Waals surface area (Å²) < 4.78 is 27.5. The Labute approximate surface area is 206 Å². The highest BCUT2D eigenvalue weighted by atomic mass is 32.2. The van der Waals surface area contributed by atoms with Crippen molar-refractivity contribution in [2.75, 3.05) is 25.0 Å². The number of hydrogen-bond donors (Lipinski definition) is 2. The van der Waals surface area contributed by atoms with Gasteiger partial charge in [-0.1, -0.05) is 55.0 Å². The van der Waals surface area contributed by atoms with Gasteiger partial charge in [0.2, 0.25) is 10.0 Å². The van der Waals surface area contributed by atoms with Crippen molar-refractivity contribution in [2.45, 2.75) is 30.6 Å². The molecule has 182 valence electrons. The van der Waals surface area contributed by atoms with Gasteiger partial charge in [0.15, 0.2) is 0 Å². The molecule has 1 heterocycles. The number of sulfonamides is 1. The molecule has 0 aliphatic carbocycles. The molecule has 0 radical (unpaired) electrons. The molecule has 1 aliphatic rings. The summed E-state index contributed by atoms with van der Waals surface area (Å²) in [6, 6.07) is 22.6. The van der Waals surface area contributed by atoms with Gasteiger partial charge in [-0.15, -0.1) is 0 Å². The zero-order chi connectivity index (χ0) is 24.7. The summed E-state index contributed by atoms with van der Waals surface area (Å²) >= 11 is 0. The van der Waals surface area contributed by atoms with Crippen LogP contribution < -0.4 is 10.6 Å². The fourth-order valence-corrected chi connectivity index (χ4v) is 5.66. The Morgan fingerprint density at radius 3 is 2.29 bits per heavy atom. The monoisotopic (exact) mass is 491 g/mol. The summed E-state index contributed by atoms with van der Waals surface area (Å²) in [6.07, 6.45) is 3.39. The second-order valence-electron chi connectivity index (χ2n) is 8.48. The Morgan fingerprint density at radius 2 is 1.51 bits per heavy atom. The summed E-state index contributed by atoms with van der Waals surface area (Å²) in [5.74, 6) is -0.775. The first-order valence-electron chi connectivity index (χ1n) is 11.8. The maximum Gasteiger partial charge on any atom is 0.255 e. The molecule has 3 aromatic rings. The molecule has 1 aliphatic heterocycles. The van der Waals surface area contributed by atoms with Crippen molar-refractivity contribution < 1.29 is 18.0 Å². The molecule has 0 unspecified atom stereocenters. The molecule has 0 bridgehead atoms. The minimum atomic E-state index is -3.66. The normalized spacial score (nSPS) is 14.3. The molecule has 0 aromatic heterocycles. The van der Waals surface area contributed by atoms with Gasteiger partial charge in [0, 0.05) is 25.2 Å². The molecule has 4 rings (SSSR count). The van der Waals surface area contributed by atoms with Gasteiger partial charge in [0.25, 0.3) is 11.8 Å². The number of anilines is 1. The average Bonchev–Trinajstić information content (AvgIpc) is 2.90. The highest BCUT2D eigenvalue weighted by Gasteiger charge is 2.26. The van der Waals surface area contributed by atoms with Gasteiger partial charge in [-0.3, -0.25) is 9.59 Å². The van der Waals surface area contributed by atoms with Crippen LogP contribution in [0.15, 0.2) is 83.8 Å². The maximum absolute atomic E-state index is 13.0. The van der Waals surface area contributed by atoms with Crippen molar-refractivity contribution in [2.24, 2.45) is 0 Å². The lowest BCUT2D eigenvalue weighted by atomic mass is 10.1. The van der Waals surface area contributed by atoms with Gasteiger partial charge in [0.05, 0.1) is 16.1 Å². The van der Waals surface area contributed by atoms with Crippen LogP contribution in [-0.2, 0) is 16.4 Å². The van der Waals surface area contributed by atoms with Crippen molar-refractivity contribution in [1.82, 2.24) is 9.62 Å². The smallest absolute Gasteiger partial charge is 0.255 e. The number of nitrogens with zero attached hydrogens (tertiary/aromatic N) is 1. The third-order valence-corrected chi connectivity index (χ3v) is 7.91. The lowest BCUT2D eigenvalue weighted by Crippen LogP contribution is -2.35. The second-order valence-corrected chi connectivity index (χ2v) is 10.4. The lowest BCUT2D eigenvalue weighted by molar-refractivity contribution is 0.0955. The van der Waals surface area contributed by atoms with Crippen molar-refractivity contribution >= 4 is 27.5 Å². The number of hydrogen-bond acceptors (Lipinski definition) is 4. The van der Waals surface area contributed by atoms with E-state index in [1.807, 2.05) is 30.3 Å². The first kappa shape index (κ1) is 24.6. The van der Waals surface area contributed by atoms with Crippen LogP contribution in [0.25, 0.3) is 0 Å². The molecule has 35 heavy (non-hydrogen) atoms. The highest BCUT2D eigenvalue weighted by Crippen LogP contribution is 2.22. The van der Waals surface area contributed by atoms with Gasteiger partial charge >= 0.3 is 0 Å². The van der Waals surface area contributed by atoms with Crippen molar-refractivity contribution in [3.63, 3.8) is 0 Å². The molecule has 3 aromatic carbocycles. The molecule has 1 saturated heterocycles. The fraction of sp³-hybridized carbons (Fsp3) is 0.259. The van der Waals surface area contributed by atoms with E-state index in [0.717, 1.165) is 24.8 Å². The van der Waals surface area contributed by atoms with Crippen LogP contribution in [0.3, 0.4) is 0 Å². The second kappa shape index (κ2) is 11.3. The van der Waals surface area contributed by atoms with E-state index in [2.05, 4.69) is 10.6 Å². The van der Waals surface area contributed by atoms with Gasteiger partial charge in [-0.05, 0) is 55.2 Å². The molecule has 0 atom stereocenters. The number of amides is 2. The number of carbonyl (C=O) groups excluding carboxylic acids is 2. The van der Waals surface area contributed by atoms with Crippen LogP contribution >= 0.6 is 0 Å². The average molecular weight is 492 g/mol. The minimum absolute atomic E-state index is 0.0963. The van der Waals surface area contributed by atoms with E-state index in [9.17, 15) is 18.0 Å². The number of benzene rings is 3. The van der Waals surface area contributed by atoms with E-state index >= 15 is 0 Å². The predicted octanol–water partition coefficient (Wildman–Crippen LogP) is 4.09. The van der Waals surface area contributed by atoms with Crippen LogP contribution in [0.2, 0.25) is 0 Å². The Balaban J connectivity index is 1.45. The first-order chi connectivity index (χ1) is 16.9. The molecule has 0 spiro atoms.